The molecule has 0 aliphatic heterocycles. The molecule has 0 unspecified atom stereocenters. The highest BCUT2D eigenvalue weighted by Gasteiger charge is 2.19. The fourth-order valence-electron chi connectivity index (χ4n) is 2.08. The topological polar surface area (TPSA) is 67.4 Å². The van der Waals surface area contributed by atoms with Crippen molar-refractivity contribution >= 4 is 64.0 Å². The average Bonchev–Trinajstić information content (AvgIpc) is 2.55. The molecule has 0 fully saturated rings. The van der Waals surface area contributed by atoms with Crippen molar-refractivity contribution in [1.29, 1.82) is 0 Å². The third-order valence-corrected chi connectivity index (χ3v) is 4.39. The van der Waals surface area contributed by atoms with Crippen molar-refractivity contribution in [1.82, 2.24) is 5.32 Å². The second kappa shape index (κ2) is 9.65. The van der Waals surface area contributed by atoms with E-state index in [0.29, 0.717) is 17.9 Å². The van der Waals surface area contributed by atoms with Crippen LogP contribution in [0.4, 0.5) is 14.9 Å². The standard InChI is InChI=1S/C18H15Cl4FN2O3/c1-18(21,22)7-8-28-14-6-5-10(9-12(14)20)24-17(27)25-16(26)15-11(19)3-2-4-13(15)23/h2-6,9H,7-8H2,1H3,(H2,24,25,26,27). The number of imide groups is 1. The first-order valence-electron chi connectivity index (χ1n) is 7.93. The van der Waals surface area contributed by atoms with Crippen LogP contribution in [-0.2, 0) is 0 Å². The fourth-order valence-corrected chi connectivity index (χ4v) is 2.72. The summed E-state index contributed by atoms with van der Waals surface area (Å²) in [6.45, 7) is 1.89. The zero-order valence-electron chi connectivity index (χ0n) is 14.5. The Balaban J connectivity index is 1.97. The predicted molar refractivity (Wildman–Crippen MR) is 110 cm³/mol. The van der Waals surface area contributed by atoms with Crippen LogP contribution in [0, 0.1) is 5.82 Å². The van der Waals surface area contributed by atoms with E-state index < -0.39 is 27.7 Å². The normalized spacial score (nSPS) is 11.1. The number of amides is 3. The molecule has 0 aromatic heterocycles. The monoisotopic (exact) mass is 466 g/mol. The summed E-state index contributed by atoms with van der Waals surface area (Å²) in [7, 11) is 0. The van der Waals surface area contributed by atoms with Crippen LogP contribution in [0.1, 0.15) is 23.7 Å². The number of hydrogen-bond donors (Lipinski definition) is 2. The third kappa shape index (κ3) is 6.71. The molecule has 3 amide bonds. The second-order valence-electron chi connectivity index (χ2n) is 5.82. The number of alkyl halides is 2. The molecule has 0 bridgehead atoms. The molecule has 0 atom stereocenters. The van der Waals surface area contributed by atoms with E-state index >= 15 is 0 Å². The molecule has 5 nitrogen and oxygen atoms in total. The van der Waals surface area contributed by atoms with E-state index in [1.807, 2.05) is 5.32 Å². The minimum atomic E-state index is -0.975. The van der Waals surface area contributed by atoms with Gasteiger partial charge >= 0.3 is 6.03 Å². The fraction of sp³-hybridized carbons (Fsp3) is 0.222. The van der Waals surface area contributed by atoms with Gasteiger partial charge in [0.05, 0.1) is 22.2 Å². The molecule has 2 aromatic rings. The minimum absolute atomic E-state index is 0.111. The van der Waals surface area contributed by atoms with Crippen molar-refractivity contribution in [3.8, 4) is 5.75 Å². The molecular weight excluding hydrogens is 453 g/mol. The van der Waals surface area contributed by atoms with Gasteiger partial charge < -0.3 is 10.1 Å². The van der Waals surface area contributed by atoms with Crippen molar-refractivity contribution in [3.63, 3.8) is 0 Å². The van der Waals surface area contributed by atoms with Gasteiger partial charge in [-0.1, -0.05) is 29.3 Å². The Kier molecular flexibility index (Phi) is 7.78. The first kappa shape index (κ1) is 22.6. The molecule has 0 saturated carbocycles. The summed E-state index contributed by atoms with van der Waals surface area (Å²) < 4.78 is 18.3. The van der Waals surface area contributed by atoms with Crippen molar-refractivity contribution in [2.24, 2.45) is 0 Å². The van der Waals surface area contributed by atoms with Crippen molar-refractivity contribution < 1.29 is 18.7 Å². The number of rotatable bonds is 6. The van der Waals surface area contributed by atoms with Crippen molar-refractivity contribution in [2.75, 3.05) is 11.9 Å². The molecule has 0 radical (unpaired) electrons. The van der Waals surface area contributed by atoms with Crippen LogP contribution in [0.2, 0.25) is 10.0 Å². The van der Waals surface area contributed by atoms with Crippen LogP contribution in [0.25, 0.3) is 0 Å². The van der Waals surface area contributed by atoms with Gasteiger partial charge in [0.1, 0.15) is 15.9 Å². The smallest absolute Gasteiger partial charge is 0.326 e. The number of halogens is 5. The quantitative estimate of drug-likeness (QED) is 0.507. The van der Waals surface area contributed by atoms with Crippen LogP contribution in [0.3, 0.4) is 0 Å². The zero-order valence-corrected chi connectivity index (χ0v) is 17.5. The van der Waals surface area contributed by atoms with Crippen LogP contribution in [0.15, 0.2) is 36.4 Å². The Labute approximate surface area is 181 Å². The number of benzene rings is 2. The van der Waals surface area contributed by atoms with Crippen molar-refractivity contribution in [3.05, 3.63) is 57.8 Å². The molecule has 2 rings (SSSR count). The second-order valence-corrected chi connectivity index (χ2v) is 8.50. The summed E-state index contributed by atoms with van der Waals surface area (Å²) >= 11 is 23.6. The number of hydrogen-bond acceptors (Lipinski definition) is 3. The van der Waals surface area contributed by atoms with Crippen LogP contribution >= 0.6 is 46.4 Å². The molecule has 150 valence electrons. The molecular formula is C18H15Cl4FN2O3. The molecule has 0 saturated heterocycles. The molecule has 2 aromatic carbocycles. The van der Waals surface area contributed by atoms with Gasteiger partial charge in [-0.05, 0) is 37.3 Å². The van der Waals surface area contributed by atoms with E-state index in [2.05, 4.69) is 5.32 Å². The van der Waals surface area contributed by atoms with Gasteiger partial charge in [0.2, 0.25) is 0 Å². The maximum atomic E-state index is 13.7. The number of carbonyl (C=O) groups is 2. The Morgan fingerprint density at radius 3 is 2.46 bits per heavy atom. The van der Waals surface area contributed by atoms with Crippen molar-refractivity contribution in [2.45, 2.75) is 17.7 Å². The average molecular weight is 468 g/mol. The summed E-state index contributed by atoms with van der Waals surface area (Å²) in [5, 5.41) is 4.52. The maximum absolute atomic E-state index is 13.7. The Morgan fingerprint density at radius 1 is 1.14 bits per heavy atom. The first-order chi connectivity index (χ1) is 13.1. The number of urea groups is 1. The Morgan fingerprint density at radius 2 is 1.86 bits per heavy atom. The van der Waals surface area contributed by atoms with E-state index in [4.69, 9.17) is 51.1 Å². The highest BCUT2D eigenvalue weighted by molar-refractivity contribution is 6.48. The molecule has 0 aliphatic rings. The predicted octanol–water partition coefficient (Wildman–Crippen LogP) is 6.06. The van der Waals surface area contributed by atoms with E-state index in [9.17, 15) is 14.0 Å². The lowest BCUT2D eigenvalue weighted by Crippen LogP contribution is -2.35. The highest BCUT2D eigenvalue weighted by atomic mass is 35.5. The van der Waals surface area contributed by atoms with Gasteiger partial charge in [-0.2, -0.15) is 0 Å². The minimum Gasteiger partial charge on any atom is -0.492 e. The van der Waals surface area contributed by atoms with Gasteiger partial charge in [0.15, 0.2) is 0 Å². The number of nitrogens with one attached hydrogen (secondary N) is 2. The lowest BCUT2D eigenvalue weighted by Gasteiger charge is -2.15. The lowest BCUT2D eigenvalue weighted by molar-refractivity contribution is 0.0963. The van der Waals surface area contributed by atoms with Gasteiger partial charge in [-0.25, -0.2) is 9.18 Å². The van der Waals surface area contributed by atoms with Gasteiger partial charge in [-0.3, -0.25) is 10.1 Å². The lowest BCUT2D eigenvalue weighted by atomic mass is 10.2. The zero-order chi connectivity index (χ0) is 20.9. The molecule has 10 heteroatoms. The number of anilines is 1. The van der Waals surface area contributed by atoms with Gasteiger partial charge in [0.25, 0.3) is 5.91 Å². The first-order valence-corrected chi connectivity index (χ1v) is 9.44. The van der Waals surface area contributed by atoms with Gasteiger partial charge in [-0.15, -0.1) is 23.2 Å². The van der Waals surface area contributed by atoms with E-state index in [0.717, 1.165) is 6.07 Å². The number of ether oxygens (including phenoxy) is 1. The number of carbonyl (C=O) groups excluding carboxylic acids is 2. The molecule has 28 heavy (non-hydrogen) atoms. The van der Waals surface area contributed by atoms with Crippen LogP contribution in [-0.4, -0.2) is 22.9 Å². The molecule has 2 N–H and O–H groups in total. The largest absolute Gasteiger partial charge is 0.492 e. The van der Waals surface area contributed by atoms with Gasteiger partial charge in [0, 0.05) is 12.1 Å². The third-order valence-electron chi connectivity index (χ3n) is 3.41. The SMILES string of the molecule is CC(Cl)(Cl)CCOc1ccc(NC(=O)NC(=O)c2c(F)cccc2Cl)cc1Cl. The van der Waals surface area contributed by atoms with E-state index in [1.54, 1.807) is 6.92 Å². The van der Waals surface area contributed by atoms with Crippen LogP contribution in [0.5, 0.6) is 5.75 Å². The Bertz CT molecular complexity index is 867. The van der Waals surface area contributed by atoms with E-state index in [1.165, 1.54) is 30.3 Å². The summed E-state index contributed by atoms with van der Waals surface area (Å²) in [6, 6.07) is 7.35. The summed E-state index contributed by atoms with van der Waals surface area (Å²) in [4.78, 5) is 24.0. The Hall–Kier alpha value is -1.73. The van der Waals surface area contributed by atoms with Crippen LogP contribution < -0.4 is 15.4 Å². The molecule has 0 heterocycles. The van der Waals surface area contributed by atoms with E-state index in [-0.39, 0.29) is 16.7 Å². The molecule has 0 spiro atoms. The maximum Gasteiger partial charge on any atom is 0.326 e. The molecule has 0 aliphatic carbocycles. The highest BCUT2D eigenvalue weighted by Crippen LogP contribution is 2.29. The summed E-state index contributed by atoms with van der Waals surface area (Å²) in [6.07, 6.45) is 0.384. The summed E-state index contributed by atoms with van der Waals surface area (Å²) in [5.74, 6) is -1.44. The summed E-state index contributed by atoms with van der Waals surface area (Å²) in [5.41, 5.74) is -0.131.